The van der Waals surface area contributed by atoms with Crippen molar-refractivity contribution in [3.8, 4) is 23.4 Å². The lowest BCUT2D eigenvalue weighted by atomic mass is 10.1. The number of pyridine rings is 1. The zero-order valence-electron chi connectivity index (χ0n) is 22.9. The summed E-state index contributed by atoms with van der Waals surface area (Å²) in [4.78, 5) is 44.6. The van der Waals surface area contributed by atoms with Gasteiger partial charge in [-0.25, -0.2) is 4.68 Å². The Bertz CT molecular complexity index is 2010. The Labute approximate surface area is 235 Å². The molecule has 0 aliphatic rings. The Kier molecular flexibility index (Phi) is 7.10. The number of amides is 1. The lowest BCUT2D eigenvalue weighted by Crippen LogP contribution is -2.24. The van der Waals surface area contributed by atoms with E-state index in [0.29, 0.717) is 22.8 Å². The predicted octanol–water partition coefficient (Wildman–Crippen LogP) is 4.45. The van der Waals surface area contributed by atoms with Gasteiger partial charge in [0, 0.05) is 13.2 Å². The first-order chi connectivity index (χ1) is 19.7. The Morgan fingerprint density at radius 1 is 0.976 bits per heavy atom. The SMILES string of the molecule is Cc1cccc(Oc2nc3ccccn3c(=O)c2C=C(C#N)C(=O)Nc2c(C)n(C)n(-c3ccccc3)c2=O)c1C. The van der Waals surface area contributed by atoms with E-state index >= 15 is 0 Å². The number of nitrogens with one attached hydrogen (secondary N) is 1. The first kappa shape index (κ1) is 26.9. The van der Waals surface area contributed by atoms with Gasteiger partial charge in [-0.05, 0) is 68.3 Å². The molecule has 41 heavy (non-hydrogen) atoms. The van der Waals surface area contributed by atoms with Gasteiger partial charge in [0.25, 0.3) is 17.0 Å². The monoisotopic (exact) mass is 546 g/mol. The van der Waals surface area contributed by atoms with E-state index in [9.17, 15) is 19.6 Å². The Morgan fingerprint density at radius 2 is 1.71 bits per heavy atom. The van der Waals surface area contributed by atoms with Gasteiger partial charge in [-0.15, -0.1) is 0 Å². The van der Waals surface area contributed by atoms with Gasteiger partial charge < -0.3 is 10.1 Å². The molecule has 2 aromatic carbocycles. The number of para-hydroxylation sites is 1. The fraction of sp³-hybridized carbons (Fsp3) is 0.129. The summed E-state index contributed by atoms with van der Waals surface area (Å²) in [5.74, 6) is -0.428. The maximum absolute atomic E-state index is 13.5. The molecule has 5 aromatic rings. The maximum Gasteiger partial charge on any atom is 0.295 e. The molecular weight excluding hydrogens is 520 g/mol. The van der Waals surface area contributed by atoms with E-state index in [1.807, 2.05) is 38.1 Å². The third kappa shape index (κ3) is 4.92. The molecule has 204 valence electrons. The lowest BCUT2D eigenvalue weighted by molar-refractivity contribution is -0.112. The summed E-state index contributed by atoms with van der Waals surface area (Å²) in [6.07, 6.45) is 2.67. The summed E-state index contributed by atoms with van der Waals surface area (Å²) in [5, 5.41) is 12.5. The molecule has 0 unspecified atom stereocenters. The number of aryl methyl sites for hydroxylation is 1. The number of hydrogen-bond acceptors (Lipinski definition) is 6. The second-order valence-electron chi connectivity index (χ2n) is 9.43. The van der Waals surface area contributed by atoms with E-state index in [2.05, 4.69) is 10.3 Å². The van der Waals surface area contributed by atoms with Gasteiger partial charge in [-0.1, -0.05) is 36.4 Å². The smallest absolute Gasteiger partial charge is 0.295 e. The van der Waals surface area contributed by atoms with Gasteiger partial charge in [0.2, 0.25) is 5.88 Å². The van der Waals surface area contributed by atoms with Crippen molar-refractivity contribution < 1.29 is 9.53 Å². The Hall–Kier alpha value is -5.69. The first-order valence-corrected chi connectivity index (χ1v) is 12.7. The number of benzene rings is 2. The molecule has 1 amide bonds. The van der Waals surface area contributed by atoms with Crippen molar-refractivity contribution in [2.24, 2.45) is 7.05 Å². The molecule has 0 radical (unpaired) electrons. The molecular formula is C31H26N6O4. The van der Waals surface area contributed by atoms with E-state index < -0.39 is 22.6 Å². The number of aromatic nitrogens is 4. The second kappa shape index (κ2) is 10.8. The van der Waals surface area contributed by atoms with E-state index in [4.69, 9.17) is 4.74 Å². The summed E-state index contributed by atoms with van der Waals surface area (Å²) in [7, 11) is 1.69. The molecule has 3 heterocycles. The van der Waals surface area contributed by atoms with Crippen LogP contribution in [0.4, 0.5) is 5.69 Å². The average molecular weight is 547 g/mol. The summed E-state index contributed by atoms with van der Waals surface area (Å²) >= 11 is 0. The minimum absolute atomic E-state index is 0.0164. The second-order valence-corrected chi connectivity index (χ2v) is 9.43. The number of anilines is 1. The molecule has 0 fully saturated rings. The van der Waals surface area contributed by atoms with E-state index in [-0.39, 0.29) is 17.1 Å². The number of nitriles is 1. The molecule has 5 rings (SSSR count). The summed E-state index contributed by atoms with van der Waals surface area (Å²) in [6, 6.07) is 21.4. The van der Waals surface area contributed by atoms with Crippen LogP contribution < -0.4 is 21.2 Å². The standard InChI is InChI=1S/C31H26N6O4/c1-19-11-10-14-25(20(19)2)41-29-24(30(39)36-16-9-8-15-26(36)33-29)17-22(18-32)28(38)34-27-21(3)35(4)37(31(27)40)23-12-6-5-7-13-23/h5-17H,1-4H3,(H,34,38). The fourth-order valence-corrected chi connectivity index (χ4v) is 4.41. The van der Waals surface area contributed by atoms with Crippen LogP contribution in [0.3, 0.4) is 0 Å². The number of fused-ring (bicyclic) bond motifs is 1. The van der Waals surface area contributed by atoms with Gasteiger partial charge in [0.1, 0.15) is 34.3 Å². The van der Waals surface area contributed by atoms with Crippen LogP contribution in [-0.4, -0.2) is 24.7 Å². The average Bonchev–Trinajstić information content (AvgIpc) is 3.18. The summed E-state index contributed by atoms with van der Waals surface area (Å²) in [5.41, 5.74) is 1.79. The van der Waals surface area contributed by atoms with Crippen molar-refractivity contribution in [1.82, 2.24) is 18.7 Å². The Balaban J connectivity index is 1.59. The highest BCUT2D eigenvalue weighted by atomic mass is 16.5. The largest absolute Gasteiger partial charge is 0.438 e. The van der Waals surface area contributed by atoms with Gasteiger partial charge in [-0.2, -0.15) is 10.2 Å². The molecule has 0 spiro atoms. The van der Waals surface area contributed by atoms with Gasteiger partial charge in [0.05, 0.1) is 11.4 Å². The number of ether oxygens (including phenoxy) is 1. The molecule has 0 aliphatic heterocycles. The van der Waals surface area contributed by atoms with E-state index in [0.717, 1.165) is 17.2 Å². The highest BCUT2D eigenvalue weighted by Crippen LogP contribution is 2.28. The van der Waals surface area contributed by atoms with Crippen molar-refractivity contribution in [3.63, 3.8) is 0 Å². The van der Waals surface area contributed by atoms with Crippen LogP contribution in [0.15, 0.2) is 88.1 Å². The number of carbonyl (C=O) groups is 1. The van der Waals surface area contributed by atoms with Crippen molar-refractivity contribution in [1.29, 1.82) is 5.26 Å². The molecule has 0 saturated carbocycles. The summed E-state index contributed by atoms with van der Waals surface area (Å²) < 4.78 is 10.4. The third-order valence-electron chi connectivity index (χ3n) is 6.94. The first-order valence-electron chi connectivity index (χ1n) is 12.7. The lowest BCUT2D eigenvalue weighted by Gasteiger charge is -2.13. The molecule has 0 aliphatic carbocycles. The highest BCUT2D eigenvalue weighted by molar-refractivity contribution is 6.10. The van der Waals surface area contributed by atoms with Crippen molar-refractivity contribution in [2.45, 2.75) is 20.8 Å². The zero-order chi connectivity index (χ0) is 29.3. The van der Waals surface area contributed by atoms with E-state index in [1.54, 1.807) is 67.2 Å². The van der Waals surface area contributed by atoms with Crippen LogP contribution in [0.2, 0.25) is 0 Å². The van der Waals surface area contributed by atoms with Crippen LogP contribution in [0.5, 0.6) is 11.6 Å². The Morgan fingerprint density at radius 3 is 2.44 bits per heavy atom. The van der Waals surface area contributed by atoms with Crippen molar-refractivity contribution in [2.75, 3.05) is 5.32 Å². The number of hydrogen-bond donors (Lipinski definition) is 1. The minimum atomic E-state index is -0.853. The van der Waals surface area contributed by atoms with Crippen LogP contribution in [0, 0.1) is 32.1 Å². The van der Waals surface area contributed by atoms with Crippen molar-refractivity contribution >= 4 is 23.3 Å². The number of rotatable bonds is 6. The molecule has 0 saturated heterocycles. The van der Waals surface area contributed by atoms with Crippen molar-refractivity contribution in [3.05, 3.63) is 122 Å². The molecule has 3 aromatic heterocycles. The van der Waals surface area contributed by atoms with E-state index in [1.165, 1.54) is 15.3 Å². The van der Waals surface area contributed by atoms with Gasteiger partial charge in [0.15, 0.2) is 0 Å². The quantitative estimate of drug-likeness (QED) is 0.248. The fourth-order valence-electron chi connectivity index (χ4n) is 4.41. The molecule has 10 heteroatoms. The number of carbonyl (C=O) groups excluding carboxylic acids is 1. The van der Waals surface area contributed by atoms with Crippen LogP contribution >= 0.6 is 0 Å². The number of nitrogens with zero attached hydrogens (tertiary/aromatic N) is 5. The summed E-state index contributed by atoms with van der Waals surface area (Å²) in [6.45, 7) is 5.50. The third-order valence-corrected chi connectivity index (χ3v) is 6.94. The molecule has 0 atom stereocenters. The van der Waals surface area contributed by atoms with Gasteiger partial charge in [-0.3, -0.25) is 23.5 Å². The topological polar surface area (TPSA) is 123 Å². The van der Waals surface area contributed by atoms with Crippen LogP contribution in [0.25, 0.3) is 17.4 Å². The van der Waals surface area contributed by atoms with Crippen LogP contribution in [-0.2, 0) is 11.8 Å². The normalized spacial score (nSPS) is 11.3. The molecule has 1 N–H and O–H groups in total. The zero-order valence-corrected chi connectivity index (χ0v) is 22.9. The molecule has 0 bridgehead atoms. The molecule has 10 nitrogen and oxygen atoms in total. The highest BCUT2D eigenvalue weighted by Gasteiger charge is 2.22. The van der Waals surface area contributed by atoms with Gasteiger partial charge >= 0.3 is 0 Å². The predicted molar refractivity (Wildman–Crippen MR) is 155 cm³/mol. The van der Waals surface area contributed by atoms with Crippen LogP contribution in [0.1, 0.15) is 22.4 Å². The minimum Gasteiger partial charge on any atom is -0.438 e. The maximum atomic E-state index is 13.5.